The van der Waals surface area contributed by atoms with Gasteiger partial charge in [-0.05, 0) is 53.8 Å². The van der Waals surface area contributed by atoms with E-state index in [2.05, 4.69) is 29.0 Å². The van der Waals surface area contributed by atoms with Gasteiger partial charge in [0.15, 0.2) is 0 Å². The second-order valence-electron chi connectivity index (χ2n) is 5.72. The van der Waals surface area contributed by atoms with E-state index in [-0.39, 0.29) is 6.54 Å². The molecule has 28 heavy (non-hydrogen) atoms. The minimum atomic E-state index is -1.02. The first-order valence-electron chi connectivity index (χ1n) is 8.43. The summed E-state index contributed by atoms with van der Waals surface area (Å²) in [6, 6.07) is 13.1. The van der Waals surface area contributed by atoms with E-state index in [9.17, 15) is 9.59 Å². The number of benzene rings is 2. The van der Waals surface area contributed by atoms with Gasteiger partial charge in [-0.25, -0.2) is 5.48 Å². The maximum atomic E-state index is 12.1. The average molecular weight is 376 g/mol. The minimum Gasteiger partial charge on any atom is -0.339 e. The van der Waals surface area contributed by atoms with Gasteiger partial charge >= 0.3 is 0 Å². The zero-order valence-corrected chi connectivity index (χ0v) is 15.0. The van der Waals surface area contributed by atoms with Crippen molar-refractivity contribution in [2.75, 3.05) is 6.54 Å². The van der Waals surface area contributed by atoms with E-state index in [4.69, 9.17) is 16.7 Å². The molecule has 0 fully saturated rings. The largest absolute Gasteiger partial charge is 0.339 e. The maximum absolute atomic E-state index is 12.1. The molecule has 0 heterocycles. The molecule has 0 unspecified atom stereocenters. The van der Waals surface area contributed by atoms with Gasteiger partial charge in [-0.3, -0.25) is 14.8 Å². The molecule has 2 rings (SSSR count). The van der Waals surface area contributed by atoms with Crippen LogP contribution < -0.4 is 22.3 Å². The van der Waals surface area contributed by atoms with E-state index < -0.39 is 17.9 Å². The lowest BCUT2D eigenvalue weighted by Crippen LogP contribution is -2.50. The number of rotatable bonds is 5. The highest BCUT2D eigenvalue weighted by molar-refractivity contribution is 5.97. The van der Waals surface area contributed by atoms with Gasteiger partial charge in [-0.1, -0.05) is 24.0 Å². The van der Waals surface area contributed by atoms with Crippen molar-refractivity contribution in [3.05, 3.63) is 70.8 Å². The Morgan fingerprint density at radius 3 is 2.29 bits per heavy atom. The van der Waals surface area contributed by atoms with Crippen LogP contribution in [0.2, 0.25) is 0 Å². The fraction of sp³-hybridized carbons (Fsp3) is 0.143. The molecule has 0 saturated heterocycles. The van der Waals surface area contributed by atoms with E-state index >= 15 is 0 Å². The number of carbonyl (C=O) groups is 2. The van der Waals surface area contributed by atoms with Crippen LogP contribution in [0.4, 0.5) is 0 Å². The molecule has 142 valence electrons. The monoisotopic (exact) mass is 376 g/mol. The summed E-state index contributed by atoms with van der Waals surface area (Å²) in [4.78, 5) is 23.5. The first-order chi connectivity index (χ1) is 13.6. The summed E-state index contributed by atoms with van der Waals surface area (Å²) in [6.07, 6.45) is 0. The van der Waals surface area contributed by atoms with Crippen LogP contribution in [0.5, 0.6) is 0 Å². The van der Waals surface area contributed by atoms with Crippen molar-refractivity contribution < 1.29 is 14.8 Å². The molecule has 0 aliphatic heterocycles. The van der Waals surface area contributed by atoms with E-state index in [1.165, 1.54) is 5.48 Å². The molecule has 2 amide bonds. The zero-order valence-electron chi connectivity index (χ0n) is 15.0. The van der Waals surface area contributed by atoms with Gasteiger partial charge in [0.05, 0.1) is 0 Å². The van der Waals surface area contributed by atoms with Gasteiger partial charge in [0.2, 0.25) is 0 Å². The maximum Gasteiger partial charge on any atom is 0.267 e. The van der Waals surface area contributed by atoms with Crippen LogP contribution in [0, 0.1) is 23.7 Å². The SMILES string of the molecule is NCc1cccc(C#CC#Cc2ccc(C(=O)N[C@@H](CN)C(=O)NO)cc2)c1. The average Bonchev–Trinajstić information content (AvgIpc) is 2.74. The zero-order chi connectivity index (χ0) is 20.4. The van der Waals surface area contributed by atoms with Crippen LogP contribution in [0.15, 0.2) is 48.5 Å². The van der Waals surface area contributed by atoms with Crippen molar-refractivity contribution in [3.8, 4) is 23.7 Å². The van der Waals surface area contributed by atoms with Crippen LogP contribution in [0.1, 0.15) is 27.0 Å². The Kier molecular flexibility index (Phi) is 7.77. The second kappa shape index (κ2) is 10.5. The molecule has 0 radical (unpaired) electrons. The number of hydrogen-bond donors (Lipinski definition) is 5. The molecule has 0 bridgehead atoms. The van der Waals surface area contributed by atoms with Gasteiger partial charge in [-0.2, -0.15) is 0 Å². The van der Waals surface area contributed by atoms with Crippen LogP contribution >= 0.6 is 0 Å². The second-order valence-corrected chi connectivity index (χ2v) is 5.72. The third-order valence-corrected chi connectivity index (χ3v) is 3.75. The van der Waals surface area contributed by atoms with Gasteiger partial charge in [0.25, 0.3) is 11.8 Å². The third-order valence-electron chi connectivity index (χ3n) is 3.75. The van der Waals surface area contributed by atoms with E-state index in [1.807, 2.05) is 24.3 Å². The Bertz CT molecular complexity index is 963. The highest BCUT2D eigenvalue weighted by Gasteiger charge is 2.19. The number of carbonyl (C=O) groups excluding carboxylic acids is 2. The van der Waals surface area contributed by atoms with Gasteiger partial charge in [0.1, 0.15) is 6.04 Å². The molecule has 0 spiro atoms. The first-order valence-corrected chi connectivity index (χ1v) is 8.43. The summed E-state index contributed by atoms with van der Waals surface area (Å²) < 4.78 is 0. The molecular weight excluding hydrogens is 356 g/mol. The number of hydroxylamine groups is 1. The number of nitrogens with two attached hydrogens (primary N) is 2. The van der Waals surface area contributed by atoms with Crippen LogP contribution in [-0.4, -0.2) is 29.6 Å². The molecule has 0 aliphatic rings. The number of hydrogen-bond acceptors (Lipinski definition) is 5. The minimum absolute atomic E-state index is 0.144. The molecule has 7 nitrogen and oxygen atoms in total. The van der Waals surface area contributed by atoms with E-state index in [0.717, 1.165) is 11.1 Å². The summed E-state index contributed by atoms with van der Waals surface area (Å²) in [6.45, 7) is 0.312. The van der Waals surface area contributed by atoms with Gasteiger partial charge in [-0.15, -0.1) is 0 Å². The smallest absolute Gasteiger partial charge is 0.267 e. The van der Waals surface area contributed by atoms with Crippen LogP contribution in [0.3, 0.4) is 0 Å². The van der Waals surface area contributed by atoms with Crippen molar-refractivity contribution in [2.45, 2.75) is 12.6 Å². The van der Waals surface area contributed by atoms with Crippen molar-refractivity contribution in [2.24, 2.45) is 11.5 Å². The topological polar surface area (TPSA) is 130 Å². The summed E-state index contributed by atoms with van der Waals surface area (Å²) >= 11 is 0. The van der Waals surface area contributed by atoms with Gasteiger partial charge in [0, 0.05) is 29.8 Å². The fourth-order valence-corrected chi connectivity index (χ4v) is 2.24. The Labute approximate surface area is 163 Å². The molecule has 0 saturated carbocycles. The lowest BCUT2D eigenvalue weighted by atomic mass is 10.1. The Morgan fingerprint density at radius 2 is 1.68 bits per heavy atom. The summed E-state index contributed by atoms with van der Waals surface area (Å²) in [5.74, 6) is 10.1. The lowest BCUT2D eigenvalue weighted by molar-refractivity contribution is -0.130. The molecule has 2 aromatic carbocycles. The molecule has 0 aromatic heterocycles. The first kappa shape index (κ1) is 20.7. The molecule has 0 aliphatic carbocycles. The Morgan fingerprint density at radius 1 is 1.00 bits per heavy atom. The van der Waals surface area contributed by atoms with Crippen molar-refractivity contribution in [1.82, 2.24) is 10.8 Å². The molecule has 1 atom stereocenters. The predicted octanol–water partition coefficient (Wildman–Crippen LogP) is 0.111. The third kappa shape index (κ3) is 5.97. The van der Waals surface area contributed by atoms with Crippen molar-refractivity contribution in [3.63, 3.8) is 0 Å². The lowest BCUT2D eigenvalue weighted by Gasteiger charge is -2.14. The highest BCUT2D eigenvalue weighted by Crippen LogP contribution is 2.04. The van der Waals surface area contributed by atoms with Crippen LogP contribution in [0.25, 0.3) is 0 Å². The normalized spacial score (nSPS) is 10.5. The quantitative estimate of drug-likeness (QED) is 0.287. The van der Waals surface area contributed by atoms with Crippen molar-refractivity contribution in [1.29, 1.82) is 0 Å². The summed E-state index contributed by atoms with van der Waals surface area (Å²) in [5, 5.41) is 11.0. The standard InChI is InChI=1S/C21H20N4O3/c22-13-17-7-3-6-16(12-17)5-2-1-4-15-8-10-18(11-9-15)20(26)24-19(14-23)21(27)25-28/h3,6-12,19,28H,13-14,22-23H2,(H,24,26)(H,25,27)/t19-/m0/s1. The fourth-order valence-electron chi connectivity index (χ4n) is 2.24. The molecule has 7 N–H and O–H groups in total. The van der Waals surface area contributed by atoms with Crippen molar-refractivity contribution >= 4 is 11.8 Å². The molecular formula is C21H20N4O3. The Hall–Kier alpha value is -3.62. The number of nitrogens with one attached hydrogen (secondary N) is 2. The van der Waals surface area contributed by atoms with Crippen LogP contribution in [-0.2, 0) is 11.3 Å². The molecule has 2 aromatic rings. The summed E-state index contributed by atoms with van der Waals surface area (Å²) in [7, 11) is 0. The van der Waals surface area contributed by atoms with E-state index in [0.29, 0.717) is 17.7 Å². The summed E-state index contributed by atoms with van der Waals surface area (Å²) in [5.41, 5.74) is 15.3. The number of amides is 2. The highest BCUT2D eigenvalue weighted by atomic mass is 16.5. The van der Waals surface area contributed by atoms with Gasteiger partial charge < -0.3 is 16.8 Å². The Balaban J connectivity index is 2.02. The molecule has 7 heteroatoms. The predicted molar refractivity (Wildman–Crippen MR) is 105 cm³/mol. The van der Waals surface area contributed by atoms with E-state index in [1.54, 1.807) is 24.3 Å².